The van der Waals surface area contributed by atoms with Gasteiger partial charge in [0.25, 0.3) is 0 Å². The molecule has 2 N–H and O–H groups in total. The molecule has 0 saturated heterocycles. The molecule has 0 aromatic carbocycles. The third-order valence-corrected chi connectivity index (χ3v) is 0.370. The Morgan fingerprint density at radius 2 is 2.43 bits per heavy atom. The summed E-state index contributed by atoms with van der Waals surface area (Å²) in [5.41, 5.74) is 0. The van der Waals surface area contributed by atoms with Crippen LogP contribution in [0.1, 0.15) is 6.92 Å². The Morgan fingerprint density at radius 3 is 2.43 bits per heavy atom. The first-order valence-corrected chi connectivity index (χ1v) is 1.93. The zero-order valence-corrected chi connectivity index (χ0v) is 4.14. The maximum absolute atomic E-state index is 9.87. The number of carbonyl (C=O) groups is 1. The van der Waals surface area contributed by atoms with Gasteiger partial charge in [-0.05, 0) is 6.92 Å². The number of amides is 1. The van der Waals surface area contributed by atoms with E-state index in [9.17, 15) is 4.79 Å². The van der Waals surface area contributed by atoms with Crippen molar-refractivity contribution in [2.24, 2.45) is 0 Å². The minimum Gasteiger partial charge on any atom is -0.374 e. The average Bonchev–Trinajstić information content (AvgIpc) is 1.27. The van der Waals surface area contributed by atoms with E-state index in [0.717, 1.165) is 0 Å². The van der Waals surface area contributed by atoms with Crippen molar-refractivity contribution in [3.8, 4) is 0 Å². The van der Waals surface area contributed by atoms with Gasteiger partial charge in [0, 0.05) is 6.92 Å². The van der Waals surface area contributed by atoms with Crippen LogP contribution >= 0.6 is 0 Å². The summed E-state index contributed by atoms with van der Waals surface area (Å²) in [6.07, 6.45) is -0.787. The summed E-state index contributed by atoms with van der Waals surface area (Å²) >= 11 is 0. The van der Waals surface area contributed by atoms with E-state index < -0.39 is 12.1 Å². The SMILES string of the molecule is [CH2]C(=O)NC(C)O. The molecule has 0 aliphatic carbocycles. The average molecular weight is 102 g/mol. The van der Waals surface area contributed by atoms with Crippen LogP contribution in [0.2, 0.25) is 0 Å². The van der Waals surface area contributed by atoms with Crippen LogP contribution in [-0.2, 0) is 4.79 Å². The van der Waals surface area contributed by atoms with Crippen LogP contribution in [0.5, 0.6) is 0 Å². The molecule has 0 fully saturated rings. The van der Waals surface area contributed by atoms with Gasteiger partial charge in [0.15, 0.2) is 0 Å². The van der Waals surface area contributed by atoms with E-state index in [0.29, 0.717) is 0 Å². The molecular weight excluding hydrogens is 94.0 g/mol. The molecule has 0 aliphatic rings. The van der Waals surface area contributed by atoms with E-state index in [1.807, 2.05) is 0 Å². The van der Waals surface area contributed by atoms with E-state index in [4.69, 9.17) is 5.11 Å². The summed E-state index contributed by atoms with van der Waals surface area (Å²) in [7, 11) is 0. The Bertz CT molecular complexity index is 70.1. The molecular formula is C4H8NO2. The molecule has 41 valence electrons. The molecule has 1 unspecified atom stereocenters. The van der Waals surface area contributed by atoms with Gasteiger partial charge in [-0.25, -0.2) is 0 Å². The highest BCUT2D eigenvalue weighted by molar-refractivity contribution is 5.80. The molecule has 0 bridgehead atoms. The number of rotatable bonds is 1. The lowest BCUT2D eigenvalue weighted by Crippen LogP contribution is -2.29. The van der Waals surface area contributed by atoms with Crippen LogP contribution in [0, 0.1) is 6.92 Å². The number of nitrogens with one attached hydrogen (secondary N) is 1. The summed E-state index contributed by atoms with van der Waals surface area (Å²) in [5.74, 6) is -0.463. The summed E-state index contributed by atoms with van der Waals surface area (Å²) < 4.78 is 0. The van der Waals surface area contributed by atoms with Gasteiger partial charge in [-0.3, -0.25) is 4.79 Å². The quantitative estimate of drug-likeness (QED) is 0.429. The van der Waals surface area contributed by atoms with E-state index in [-0.39, 0.29) is 0 Å². The third kappa shape index (κ3) is 5.43. The molecule has 0 rings (SSSR count). The fourth-order valence-corrected chi connectivity index (χ4v) is 0.233. The number of hydrogen-bond donors (Lipinski definition) is 2. The molecule has 0 aromatic heterocycles. The Balaban J connectivity index is 3.13. The van der Waals surface area contributed by atoms with Gasteiger partial charge in [-0.2, -0.15) is 0 Å². The van der Waals surface area contributed by atoms with Gasteiger partial charge in [-0.15, -0.1) is 0 Å². The summed E-state index contributed by atoms with van der Waals surface area (Å²) in [4.78, 5) is 9.87. The lowest BCUT2D eigenvalue weighted by atomic mass is 10.6. The second-order valence-corrected chi connectivity index (χ2v) is 1.24. The van der Waals surface area contributed by atoms with Crippen molar-refractivity contribution < 1.29 is 9.90 Å². The first kappa shape index (κ1) is 6.43. The van der Waals surface area contributed by atoms with Crippen molar-refractivity contribution in [2.75, 3.05) is 0 Å². The van der Waals surface area contributed by atoms with Gasteiger partial charge in [0.2, 0.25) is 5.91 Å². The molecule has 1 radical (unpaired) electrons. The number of aliphatic hydroxyl groups excluding tert-OH is 1. The first-order valence-electron chi connectivity index (χ1n) is 1.93. The lowest BCUT2D eigenvalue weighted by molar-refractivity contribution is -0.119. The van der Waals surface area contributed by atoms with Crippen molar-refractivity contribution in [3.05, 3.63) is 6.92 Å². The number of hydrogen-bond acceptors (Lipinski definition) is 2. The second-order valence-electron chi connectivity index (χ2n) is 1.24. The molecule has 3 nitrogen and oxygen atoms in total. The van der Waals surface area contributed by atoms with E-state index >= 15 is 0 Å². The maximum Gasteiger partial charge on any atom is 0.222 e. The van der Waals surface area contributed by atoms with Crippen molar-refractivity contribution in [1.82, 2.24) is 5.32 Å². The first-order chi connectivity index (χ1) is 3.13. The zero-order valence-electron chi connectivity index (χ0n) is 4.14. The largest absolute Gasteiger partial charge is 0.374 e. The predicted molar refractivity (Wildman–Crippen MR) is 25.2 cm³/mol. The Hall–Kier alpha value is -0.570. The molecule has 7 heavy (non-hydrogen) atoms. The van der Waals surface area contributed by atoms with Gasteiger partial charge in [0.05, 0.1) is 0 Å². The second kappa shape index (κ2) is 2.58. The highest BCUT2D eigenvalue weighted by Crippen LogP contribution is 1.67. The molecule has 0 aromatic rings. The van der Waals surface area contributed by atoms with Crippen molar-refractivity contribution in [2.45, 2.75) is 13.2 Å². The fraction of sp³-hybridized carbons (Fsp3) is 0.500. The van der Waals surface area contributed by atoms with Gasteiger partial charge >= 0.3 is 0 Å². The van der Waals surface area contributed by atoms with Gasteiger partial charge < -0.3 is 10.4 Å². The molecule has 0 saturated carbocycles. The maximum atomic E-state index is 9.87. The Labute approximate surface area is 42.3 Å². The highest BCUT2D eigenvalue weighted by Gasteiger charge is 1.92. The van der Waals surface area contributed by atoms with Crippen molar-refractivity contribution in [3.63, 3.8) is 0 Å². The number of aliphatic hydroxyl groups is 1. The lowest BCUT2D eigenvalue weighted by Gasteiger charge is -2.01. The molecule has 0 heterocycles. The van der Waals surface area contributed by atoms with E-state index in [2.05, 4.69) is 12.2 Å². The summed E-state index contributed by atoms with van der Waals surface area (Å²) in [5, 5.41) is 10.5. The minimum absolute atomic E-state index is 0.463. The van der Waals surface area contributed by atoms with Crippen molar-refractivity contribution >= 4 is 5.91 Å². The van der Waals surface area contributed by atoms with Crippen LogP contribution in [0.15, 0.2) is 0 Å². The minimum atomic E-state index is -0.787. The molecule has 3 heteroatoms. The highest BCUT2D eigenvalue weighted by atomic mass is 16.3. The molecule has 0 aliphatic heterocycles. The van der Waals surface area contributed by atoms with Gasteiger partial charge in [-0.1, -0.05) is 0 Å². The van der Waals surface area contributed by atoms with Crippen LogP contribution in [-0.4, -0.2) is 17.2 Å². The standard InChI is InChI=1S/C4H8NO2/c1-3(6)5-4(2)7/h4,7H,1H2,2H3,(H,5,6). The fourth-order valence-electron chi connectivity index (χ4n) is 0.233. The Morgan fingerprint density at radius 1 is 2.00 bits per heavy atom. The molecule has 0 spiro atoms. The van der Waals surface area contributed by atoms with E-state index in [1.54, 1.807) is 0 Å². The van der Waals surface area contributed by atoms with Gasteiger partial charge in [0.1, 0.15) is 6.23 Å². The number of carbonyl (C=O) groups excluding carboxylic acids is 1. The topological polar surface area (TPSA) is 49.3 Å². The van der Waals surface area contributed by atoms with Crippen molar-refractivity contribution in [1.29, 1.82) is 0 Å². The third-order valence-electron chi connectivity index (χ3n) is 0.370. The normalized spacial score (nSPS) is 13.0. The predicted octanol–water partition coefficient (Wildman–Crippen LogP) is -0.725. The van der Waals surface area contributed by atoms with Crippen LogP contribution < -0.4 is 5.32 Å². The Kier molecular flexibility index (Phi) is 2.37. The van der Waals surface area contributed by atoms with Crippen LogP contribution in [0.25, 0.3) is 0 Å². The molecule has 1 amide bonds. The van der Waals surface area contributed by atoms with Crippen LogP contribution in [0.4, 0.5) is 0 Å². The summed E-state index contributed by atoms with van der Waals surface area (Å²) in [6, 6.07) is 0. The summed E-state index contributed by atoms with van der Waals surface area (Å²) in [6.45, 7) is 4.42. The molecule has 1 atom stereocenters. The monoisotopic (exact) mass is 102 g/mol. The smallest absolute Gasteiger partial charge is 0.222 e. The zero-order chi connectivity index (χ0) is 5.86. The van der Waals surface area contributed by atoms with E-state index in [1.165, 1.54) is 6.92 Å². The van der Waals surface area contributed by atoms with Crippen LogP contribution in [0.3, 0.4) is 0 Å².